The van der Waals surface area contributed by atoms with E-state index in [9.17, 15) is 0 Å². The van der Waals surface area contributed by atoms with Crippen molar-refractivity contribution < 1.29 is 9.15 Å². The van der Waals surface area contributed by atoms with Gasteiger partial charge in [-0.15, -0.1) is 0 Å². The fraction of sp³-hybridized carbons (Fsp3) is 0.429. The maximum absolute atomic E-state index is 6.13. The number of hydrogen-bond acceptors (Lipinski definition) is 4. The zero-order valence-electron chi connectivity index (χ0n) is 10.6. The molecule has 0 bridgehead atoms. The molecule has 5 heteroatoms. The van der Waals surface area contributed by atoms with Gasteiger partial charge in [-0.3, -0.25) is 5.84 Å². The van der Waals surface area contributed by atoms with Gasteiger partial charge in [-0.05, 0) is 31.4 Å². The molecule has 102 valence electrons. The van der Waals surface area contributed by atoms with E-state index in [1.54, 1.807) is 0 Å². The average Bonchev–Trinajstić information content (AvgIpc) is 2.86. The first-order chi connectivity index (χ1) is 9.29. The van der Waals surface area contributed by atoms with Crippen LogP contribution >= 0.6 is 11.6 Å². The molecule has 1 aromatic heterocycles. The molecule has 19 heavy (non-hydrogen) atoms. The summed E-state index contributed by atoms with van der Waals surface area (Å²) >= 11 is 6.13. The highest BCUT2D eigenvalue weighted by Crippen LogP contribution is 2.32. The van der Waals surface area contributed by atoms with Gasteiger partial charge in [0.2, 0.25) is 0 Å². The molecule has 0 aliphatic carbocycles. The van der Waals surface area contributed by atoms with Gasteiger partial charge in [-0.1, -0.05) is 23.7 Å². The molecule has 1 aromatic carbocycles. The second-order valence-electron chi connectivity index (χ2n) is 4.86. The highest BCUT2D eigenvalue weighted by molar-refractivity contribution is 6.34. The first-order valence-corrected chi connectivity index (χ1v) is 6.93. The number of rotatable bonds is 3. The minimum atomic E-state index is -0.135. The van der Waals surface area contributed by atoms with Gasteiger partial charge in [-0.2, -0.15) is 0 Å². The third-order valence-electron chi connectivity index (χ3n) is 3.59. The molecule has 1 saturated heterocycles. The minimum absolute atomic E-state index is 0.0538. The smallest absolute Gasteiger partial charge is 0.152 e. The summed E-state index contributed by atoms with van der Waals surface area (Å²) in [6.45, 7) is 0.782. The standard InChI is InChI=1S/C14H17ClN2O2/c15-10-5-3-4-9-8-12(19-14(9)10)13(17-16)11-6-1-2-7-18-11/h3-5,8,11,13,17H,1-2,6-7,16H2. The van der Waals surface area contributed by atoms with E-state index in [1.165, 1.54) is 0 Å². The maximum Gasteiger partial charge on any atom is 0.152 e. The Hall–Kier alpha value is -1.07. The lowest BCUT2D eigenvalue weighted by Crippen LogP contribution is -2.39. The molecular formula is C14H17ClN2O2. The van der Waals surface area contributed by atoms with Crippen molar-refractivity contribution in [2.24, 2.45) is 5.84 Å². The lowest BCUT2D eigenvalue weighted by molar-refractivity contribution is -0.0123. The Kier molecular flexibility index (Phi) is 3.75. The molecule has 2 heterocycles. The Labute approximate surface area is 116 Å². The quantitative estimate of drug-likeness (QED) is 0.670. The Morgan fingerprint density at radius 2 is 2.26 bits per heavy atom. The summed E-state index contributed by atoms with van der Waals surface area (Å²) in [5, 5.41) is 1.60. The zero-order valence-corrected chi connectivity index (χ0v) is 11.3. The molecule has 2 unspecified atom stereocenters. The third kappa shape index (κ3) is 2.49. The van der Waals surface area contributed by atoms with Crippen molar-refractivity contribution in [1.82, 2.24) is 5.43 Å². The summed E-state index contributed by atoms with van der Waals surface area (Å²) in [5.74, 6) is 6.45. The van der Waals surface area contributed by atoms with Crippen LogP contribution < -0.4 is 11.3 Å². The van der Waals surface area contributed by atoms with Crippen molar-refractivity contribution in [1.29, 1.82) is 0 Å². The average molecular weight is 281 g/mol. The van der Waals surface area contributed by atoms with Gasteiger partial charge in [0.15, 0.2) is 5.58 Å². The van der Waals surface area contributed by atoms with E-state index in [0.717, 1.165) is 37.0 Å². The van der Waals surface area contributed by atoms with Gasteiger partial charge in [0, 0.05) is 12.0 Å². The maximum atomic E-state index is 6.13. The second-order valence-corrected chi connectivity index (χ2v) is 5.26. The van der Waals surface area contributed by atoms with E-state index >= 15 is 0 Å². The summed E-state index contributed by atoms with van der Waals surface area (Å²) in [6.07, 6.45) is 3.31. The molecule has 1 aliphatic heterocycles. The van der Waals surface area contributed by atoms with Crippen molar-refractivity contribution in [2.75, 3.05) is 6.61 Å². The van der Waals surface area contributed by atoms with Gasteiger partial charge in [-0.25, -0.2) is 5.43 Å². The minimum Gasteiger partial charge on any atom is -0.458 e. The van der Waals surface area contributed by atoms with E-state index in [2.05, 4.69) is 5.43 Å². The summed E-state index contributed by atoms with van der Waals surface area (Å²) < 4.78 is 11.6. The monoisotopic (exact) mass is 280 g/mol. The summed E-state index contributed by atoms with van der Waals surface area (Å²) in [4.78, 5) is 0. The molecule has 0 spiro atoms. The number of furan rings is 1. The molecule has 0 radical (unpaired) electrons. The van der Waals surface area contributed by atoms with Crippen molar-refractivity contribution in [2.45, 2.75) is 31.4 Å². The highest BCUT2D eigenvalue weighted by atomic mass is 35.5. The normalized spacial score (nSPS) is 21.7. The number of nitrogens with one attached hydrogen (secondary N) is 1. The molecule has 1 aliphatic rings. The van der Waals surface area contributed by atoms with Crippen LogP contribution in [0.2, 0.25) is 5.02 Å². The molecule has 3 N–H and O–H groups in total. The summed E-state index contributed by atoms with van der Waals surface area (Å²) in [6, 6.07) is 7.54. The zero-order chi connectivity index (χ0) is 13.2. The van der Waals surface area contributed by atoms with Crippen LogP contribution in [0.1, 0.15) is 31.1 Å². The number of hydrogen-bond donors (Lipinski definition) is 2. The number of halogens is 1. The van der Waals surface area contributed by atoms with E-state index in [1.807, 2.05) is 24.3 Å². The predicted molar refractivity (Wildman–Crippen MR) is 74.9 cm³/mol. The molecular weight excluding hydrogens is 264 g/mol. The lowest BCUT2D eigenvalue weighted by Gasteiger charge is -2.28. The number of nitrogens with two attached hydrogens (primary N) is 1. The Balaban J connectivity index is 1.94. The van der Waals surface area contributed by atoms with Crippen molar-refractivity contribution in [3.05, 3.63) is 35.0 Å². The van der Waals surface area contributed by atoms with Crippen LogP contribution in [0.25, 0.3) is 11.0 Å². The molecule has 1 fully saturated rings. The van der Waals surface area contributed by atoms with Crippen LogP contribution in [-0.4, -0.2) is 12.7 Å². The Morgan fingerprint density at radius 1 is 1.37 bits per heavy atom. The molecule has 0 amide bonds. The number of benzene rings is 1. The number of fused-ring (bicyclic) bond motifs is 1. The summed E-state index contributed by atoms with van der Waals surface area (Å²) in [7, 11) is 0. The van der Waals surface area contributed by atoms with Gasteiger partial charge in [0.05, 0.1) is 11.1 Å². The largest absolute Gasteiger partial charge is 0.458 e. The number of ether oxygens (including phenoxy) is 1. The first kappa shape index (κ1) is 12.9. The van der Waals surface area contributed by atoms with E-state index < -0.39 is 0 Å². The van der Waals surface area contributed by atoms with Crippen LogP contribution in [0.4, 0.5) is 0 Å². The van der Waals surface area contributed by atoms with Crippen molar-refractivity contribution >= 4 is 22.6 Å². The van der Waals surface area contributed by atoms with Gasteiger partial charge in [0.1, 0.15) is 11.8 Å². The van der Waals surface area contributed by atoms with Crippen LogP contribution in [0.15, 0.2) is 28.7 Å². The lowest BCUT2D eigenvalue weighted by atomic mass is 10.0. The predicted octanol–water partition coefficient (Wildman–Crippen LogP) is 3.16. The Bertz CT molecular complexity index is 564. The van der Waals surface area contributed by atoms with E-state index in [4.69, 9.17) is 26.6 Å². The molecule has 0 saturated carbocycles. The third-order valence-corrected chi connectivity index (χ3v) is 3.89. The number of para-hydroxylation sites is 1. The van der Waals surface area contributed by atoms with Gasteiger partial charge in [0.25, 0.3) is 0 Å². The van der Waals surface area contributed by atoms with Crippen LogP contribution in [-0.2, 0) is 4.74 Å². The molecule has 2 aromatic rings. The van der Waals surface area contributed by atoms with Crippen LogP contribution in [0, 0.1) is 0 Å². The molecule has 4 nitrogen and oxygen atoms in total. The Morgan fingerprint density at radius 3 is 2.95 bits per heavy atom. The fourth-order valence-corrected chi connectivity index (χ4v) is 2.82. The van der Waals surface area contributed by atoms with Gasteiger partial charge < -0.3 is 9.15 Å². The second kappa shape index (κ2) is 5.51. The SMILES string of the molecule is NNC(c1cc2cccc(Cl)c2o1)C1CCCCO1. The molecule has 3 rings (SSSR count). The van der Waals surface area contributed by atoms with E-state index in [-0.39, 0.29) is 12.1 Å². The van der Waals surface area contributed by atoms with Crippen molar-refractivity contribution in [3.63, 3.8) is 0 Å². The first-order valence-electron chi connectivity index (χ1n) is 6.55. The van der Waals surface area contributed by atoms with Gasteiger partial charge >= 0.3 is 0 Å². The van der Waals surface area contributed by atoms with Crippen LogP contribution in [0.5, 0.6) is 0 Å². The topological polar surface area (TPSA) is 60.4 Å². The highest BCUT2D eigenvalue weighted by Gasteiger charge is 2.28. The summed E-state index contributed by atoms with van der Waals surface area (Å²) in [5.41, 5.74) is 3.51. The van der Waals surface area contributed by atoms with E-state index in [0.29, 0.717) is 10.6 Å². The molecule has 2 atom stereocenters. The van der Waals surface area contributed by atoms with Crippen LogP contribution in [0.3, 0.4) is 0 Å². The fourth-order valence-electron chi connectivity index (χ4n) is 2.60. The van der Waals surface area contributed by atoms with Crippen molar-refractivity contribution in [3.8, 4) is 0 Å². The number of hydrazine groups is 1.